The summed E-state index contributed by atoms with van der Waals surface area (Å²) < 4.78 is 20.6. The maximum absolute atomic E-state index is 11.2. The molecule has 0 aromatic carbocycles. The molecule has 6 heteroatoms. The van der Waals surface area contributed by atoms with E-state index in [1.54, 1.807) is 7.11 Å². The predicted molar refractivity (Wildman–Crippen MR) is 63.6 cm³/mol. The second-order valence-electron chi connectivity index (χ2n) is 4.36. The molecule has 1 saturated heterocycles. The fourth-order valence-electron chi connectivity index (χ4n) is 1.81. The van der Waals surface area contributed by atoms with Crippen LogP contribution in [-0.4, -0.2) is 64.4 Å². The molecule has 1 unspecified atom stereocenters. The Morgan fingerprint density at radius 3 is 2.44 bits per heavy atom. The highest BCUT2D eigenvalue weighted by atomic mass is 16.5. The summed E-state index contributed by atoms with van der Waals surface area (Å²) in [6.45, 7) is 3.32. The molecule has 1 aliphatic heterocycles. The summed E-state index contributed by atoms with van der Waals surface area (Å²) in [5.41, 5.74) is -0.753. The van der Waals surface area contributed by atoms with Gasteiger partial charge in [0.25, 0.3) is 0 Å². The van der Waals surface area contributed by atoms with Crippen molar-refractivity contribution < 1.29 is 28.8 Å². The highest BCUT2D eigenvalue weighted by molar-refractivity contribution is 5.75. The molecule has 0 aromatic heterocycles. The van der Waals surface area contributed by atoms with Gasteiger partial charge in [-0.2, -0.15) is 0 Å². The molecule has 0 spiro atoms. The van der Waals surface area contributed by atoms with Gasteiger partial charge in [-0.15, -0.1) is 0 Å². The van der Waals surface area contributed by atoms with Crippen LogP contribution in [0, 0.1) is 5.41 Å². The molecule has 0 amide bonds. The number of carboxylic acid groups (broad SMARTS) is 1. The van der Waals surface area contributed by atoms with E-state index in [0.29, 0.717) is 52.5 Å². The number of methoxy groups -OCH3 is 1. The van der Waals surface area contributed by atoms with E-state index >= 15 is 0 Å². The van der Waals surface area contributed by atoms with E-state index in [1.165, 1.54) is 0 Å². The summed E-state index contributed by atoms with van der Waals surface area (Å²) in [5.74, 6) is -0.792. The Morgan fingerprint density at radius 2 is 1.89 bits per heavy atom. The number of carbonyl (C=O) groups is 1. The lowest BCUT2D eigenvalue weighted by Gasteiger charge is -2.21. The molecule has 1 rings (SSSR count). The average molecular weight is 262 g/mol. The van der Waals surface area contributed by atoms with Crippen LogP contribution in [0.25, 0.3) is 0 Å². The lowest BCUT2D eigenvalue weighted by Crippen LogP contribution is -2.33. The smallest absolute Gasteiger partial charge is 0.312 e. The Labute approximate surface area is 107 Å². The Bertz CT molecular complexity index is 237. The molecule has 1 N–H and O–H groups in total. The van der Waals surface area contributed by atoms with E-state index in [1.807, 2.05) is 0 Å². The molecule has 1 atom stereocenters. The van der Waals surface area contributed by atoms with Gasteiger partial charge >= 0.3 is 5.97 Å². The van der Waals surface area contributed by atoms with Crippen molar-refractivity contribution >= 4 is 5.97 Å². The fraction of sp³-hybridized carbons (Fsp3) is 0.917. The van der Waals surface area contributed by atoms with E-state index in [-0.39, 0.29) is 6.61 Å². The standard InChI is InChI=1S/C12H22O6/c1-15-6-7-17-9-8-16-4-2-12(11(13)14)3-5-18-10-12/h2-10H2,1H3,(H,13,14). The molecule has 0 saturated carbocycles. The average Bonchev–Trinajstić information content (AvgIpc) is 2.83. The quantitative estimate of drug-likeness (QED) is 0.579. The minimum Gasteiger partial charge on any atom is -0.481 e. The number of rotatable bonds is 10. The summed E-state index contributed by atoms with van der Waals surface area (Å²) in [4.78, 5) is 11.2. The van der Waals surface area contributed by atoms with Gasteiger partial charge in [-0.1, -0.05) is 0 Å². The molecule has 0 bridgehead atoms. The van der Waals surface area contributed by atoms with E-state index < -0.39 is 11.4 Å². The highest BCUT2D eigenvalue weighted by Crippen LogP contribution is 2.32. The van der Waals surface area contributed by atoms with Crippen LogP contribution < -0.4 is 0 Å². The number of aliphatic carboxylic acids is 1. The zero-order chi connectivity index (χ0) is 13.3. The number of ether oxygens (including phenoxy) is 4. The van der Waals surface area contributed by atoms with Gasteiger partial charge in [0.05, 0.1) is 38.4 Å². The zero-order valence-corrected chi connectivity index (χ0v) is 10.9. The van der Waals surface area contributed by atoms with Crippen molar-refractivity contribution in [3.05, 3.63) is 0 Å². The van der Waals surface area contributed by atoms with Crippen molar-refractivity contribution in [2.24, 2.45) is 5.41 Å². The van der Waals surface area contributed by atoms with Crippen LogP contribution >= 0.6 is 0 Å². The van der Waals surface area contributed by atoms with Gasteiger partial charge in [-0.3, -0.25) is 4.79 Å². The second-order valence-corrected chi connectivity index (χ2v) is 4.36. The Kier molecular flexibility index (Phi) is 7.19. The van der Waals surface area contributed by atoms with Crippen LogP contribution in [0.4, 0.5) is 0 Å². The van der Waals surface area contributed by atoms with Gasteiger partial charge in [0.15, 0.2) is 0 Å². The molecule has 0 aliphatic carbocycles. The first-order valence-electron chi connectivity index (χ1n) is 6.17. The van der Waals surface area contributed by atoms with E-state index in [9.17, 15) is 9.90 Å². The summed E-state index contributed by atoms with van der Waals surface area (Å²) in [7, 11) is 1.62. The van der Waals surface area contributed by atoms with Crippen LogP contribution in [0.1, 0.15) is 12.8 Å². The summed E-state index contributed by atoms with van der Waals surface area (Å²) >= 11 is 0. The van der Waals surface area contributed by atoms with Crippen molar-refractivity contribution in [1.29, 1.82) is 0 Å². The van der Waals surface area contributed by atoms with Gasteiger partial charge in [0.2, 0.25) is 0 Å². The molecule has 106 valence electrons. The number of hydrogen-bond donors (Lipinski definition) is 1. The van der Waals surface area contributed by atoms with Crippen LogP contribution in [0.3, 0.4) is 0 Å². The third kappa shape index (κ3) is 4.89. The van der Waals surface area contributed by atoms with Gasteiger partial charge in [0.1, 0.15) is 0 Å². The largest absolute Gasteiger partial charge is 0.481 e. The fourth-order valence-corrected chi connectivity index (χ4v) is 1.81. The molecule has 1 fully saturated rings. The lowest BCUT2D eigenvalue weighted by atomic mass is 9.84. The highest BCUT2D eigenvalue weighted by Gasteiger charge is 2.41. The summed E-state index contributed by atoms with van der Waals surface area (Å²) in [6, 6.07) is 0. The third-order valence-corrected chi connectivity index (χ3v) is 3.09. The topological polar surface area (TPSA) is 74.2 Å². The van der Waals surface area contributed by atoms with Crippen LogP contribution in [0.15, 0.2) is 0 Å². The lowest BCUT2D eigenvalue weighted by molar-refractivity contribution is -0.150. The Hall–Kier alpha value is -0.690. The molecule has 0 radical (unpaired) electrons. The van der Waals surface area contributed by atoms with Crippen LogP contribution in [0.2, 0.25) is 0 Å². The molecule has 1 aliphatic rings. The molecule has 0 aromatic rings. The molecule has 18 heavy (non-hydrogen) atoms. The maximum Gasteiger partial charge on any atom is 0.312 e. The number of hydrogen-bond acceptors (Lipinski definition) is 5. The molecule has 6 nitrogen and oxygen atoms in total. The molecule has 1 heterocycles. The van der Waals surface area contributed by atoms with Crippen molar-refractivity contribution in [2.45, 2.75) is 12.8 Å². The van der Waals surface area contributed by atoms with Crippen LogP contribution in [0.5, 0.6) is 0 Å². The SMILES string of the molecule is COCCOCCOCCC1(C(=O)O)CCOC1. The Balaban J connectivity index is 2.04. The van der Waals surface area contributed by atoms with Gasteiger partial charge in [-0.25, -0.2) is 0 Å². The van der Waals surface area contributed by atoms with E-state index in [4.69, 9.17) is 18.9 Å². The van der Waals surface area contributed by atoms with Gasteiger partial charge in [-0.05, 0) is 12.8 Å². The molecular formula is C12H22O6. The monoisotopic (exact) mass is 262 g/mol. The second kappa shape index (κ2) is 8.42. The third-order valence-electron chi connectivity index (χ3n) is 3.09. The van der Waals surface area contributed by atoms with Crippen molar-refractivity contribution in [1.82, 2.24) is 0 Å². The first-order chi connectivity index (χ1) is 8.71. The van der Waals surface area contributed by atoms with Crippen LogP contribution in [-0.2, 0) is 23.7 Å². The number of carboxylic acids is 1. The van der Waals surface area contributed by atoms with Gasteiger partial charge < -0.3 is 24.1 Å². The van der Waals surface area contributed by atoms with Crippen molar-refractivity contribution in [3.63, 3.8) is 0 Å². The first-order valence-corrected chi connectivity index (χ1v) is 6.17. The minimum atomic E-state index is -0.792. The first kappa shape index (κ1) is 15.4. The summed E-state index contributed by atoms with van der Waals surface area (Å²) in [5, 5.41) is 9.19. The normalized spacial score (nSPS) is 23.4. The zero-order valence-electron chi connectivity index (χ0n) is 10.9. The Morgan fingerprint density at radius 1 is 1.22 bits per heavy atom. The summed E-state index contributed by atoms with van der Waals surface area (Å²) in [6.07, 6.45) is 1.05. The van der Waals surface area contributed by atoms with Crippen molar-refractivity contribution in [2.75, 3.05) is 53.4 Å². The maximum atomic E-state index is 11.2. The molecular weight excluding hydrogens is 240 g/mol. The van der Waals surface area contributed by atoms with Gasteiger partial charge in [0, 0.05) is 20.3 Å². The minimum absolute atomic E-state index is 0.288. The van der Waals surface area contributed by atoms with Crippen molar-refractivity contribution in [3.8, 4) is 0 Å². The van der Waals surface area contributed by atoms with E-state index in [2.05, 4.69) is 0 Å². The van der Waals surface area contributed by atoms with E-state index in [0.717, 1.165) is 0 Å². The predicted octanol–water partition coefficient (Wildman–Crippen LogP) is 0.547.